The van der Waals surface area contributed by atoms with Gasteiger partial charge in [-0.3, -0.25) is 4.79 Å². The monoisotopic (exact) mass is 409 g/mol. The van der Waals surface area contributed by atoms with E-state index in [-0.39, 0.29) is 5.91 Å². The summed E-state index contributed by atoms with van der Waals surface area (Å²) >= 11 is 5.12. The molecule has 7 heteroatoms. The van der Waals surface area contributed by atoms with Crippen molar-refractivity contribution in [1.29, 1.82) is 0 Å². The molecule has 5 nitrogen and oxygen atoms in total. The molecular formula is C17H20BrN3O2S. The van der Waals surface area contributed by atoms with Crippen molar-refractivity contribution in [3.63, 3.8) is 0 Å². The number of piperazine rings is 1. The molecule has 1 atom stereocenters. The third kappa shape index (κ3) is 3.89. The number of nitrogens with zero attached hydrogens (tertiary/aromatic N) is 3. The summed E-state index contributed by atoms with van der Waals surface area (Å²) in [5.41, 5.74) is 1.14. The van der Waals surface area contributed by atoms with Gasteiger partial charge in [0.1, 0.15) is 5.75 Å². The van der Waals surface area contributed by atoms with Crippen molar-refractivity contribution in [2.24, 2.45) is 0 Å². The number of aryl methyl sites for hydroxylation is 1. The second kappa shape index (κ2) is 7.53. The molecule has 24 heavy (non-hydrogen) atoms. The van der Waals surface area contributed by atoms with Crippen molar-refractivity contribution in [2.75, 3.05) is 31.1 Å². The normalized spacial score (nSPS) is 16.1. The number of ether oxygens (including phenoxy) is 1. The maximum Gasteiger partial charge on any atom is 0.263 e. The van der Waals surface area contributed by atoms with Gasteiger partial charge in [-0.2, -0.15) is 0 Å². The van der Waals surface area contributed by atoms with Crippen LogP contribution in [0.4, 0.5) is 5.13 Å². The molecule has 0 radical (unpaired) electrons. The first kappa shape index (κ1) is 17.2. The van der Waals surface area contributed by atoms with Gasteiger partial charge >= 0.3 is 0 Å². The van der Waals surface area contributed by atoms with Gasteiger partial charge in [0, 0.05) is 37.8 Å². The summed E-state index contributed by atoms with van der Waals surface area (Å²) in [6.45, 7) is 6.83. The van der Waals surface area contributed by atoms with Gasteiger partial charge in [0.05, 0.1) is 4.47 Å². The lowest BCUT2D eigenvalue weighted by molar-refractivity contribution is -0.138. The Kier molecular flexibility index (Phi) is 5.40. The molecule has 1 aliphatic rings. The molecule has 0 bridgehead atoms. The zero-order valence-corrected chi connectivity index (χ0v) is 16.1. The van der Waals surface area contributed by atoms with Crippen LogP contribution in [-0.2, 0) is 4.79 Å². The minimum absolute atomic E-state index is 0.0289. The van der Waals surface area contributed by atoms with E-state index in [0.29, 0.717) is 18.8 Å². The van der Waals surface area contributed by atoms with Gasteiger partial charge in [-0.25, -0.2) is 4.98 Å². The molecule has 0 N–H and O–H groups in total. The summed E-state index contributed by atoms with van der Waals surface area (Å²) in [7, 11) is 0. The van der Waals surface area contributed by atoms with Crippen molar-refractivity contribution in [2.45, 2.75) is 20.0 Å². The molecule has 1 fully saturated rings. The summed E-state index contributed by atoms with van der Waals surface area (Å²) in [6.07, 6.45) is 1.31. The van der Waals surface area contributed by atoms with Crippen LogP contribution < -0.4 is 9.64 Å². The minimum Gasteiger partial charge on any atom is -0.480 e. The Hall–Kier alpha value is -1.60. The topological polar surface area (TPSA) is 45.7 Å². The number of amides is 1. The molecule has 128 valence electrons. The Bertz CT molecular complexity index is 700. The first-order chi connectivity index (χ1) is 11.5. The zero-order valence-electron chi connectivity index (χ0n) is 13.7. The van der Waals surface area contributed by atoms with E-state index < -0.39 is 6.10 Å². The second-order valence-corrected chi connectivity index (χ2v) is 7.55. The van der Waals surface area contributed by atoms with E-state index in [1.165, 1.54) is 0 Å². The van der Waals surface area contributed by atoms with Gasteiger partial charge < -0.3 is 14.5 Å². The van der Waals surface area contributed by atoms with Crippen molar-refractivity contribution in [3.05, 3.63) is 39.8 Å². The van der Waals surface area contributed by atoms with Crippen LogP contribution in [0.1, 0.15) is 12.5 Å². The fraction of sp³-hybridized carbons (Fsp3) is 0.412. The number of thiazole rings is 1. The number of benzene rings is 1. The van der Waals surface area contributed by atoms with Crippen molar-refractivity contribution in [3.8, 4) is 5.75 Å². The van der Waals surface area contributed by atoms with E-state index in [4.69, 9.17) is 4.74 Å². The van der Waals surface area contributed by atoms with E-state index >= 15 is 0 Å². The molecule has 3 rings (SSSR count). The molecule has 1 aromatic carbocycles. The number of carbonyl (C=O) groups is 1. The Morgan fingerprint density at radius 1 is 1.33 bits per heavy atom. The molecule has 2 aromatic rings. The Morgan fingerprint density at radius 3 is 2.71 bits per heavy atom. The third-order valence-electron chi connectivity index (χ3n) is 4.02. The van der Waals surface area contributed by atoms with Gasteiger partial charge in [0.25, 0.3) is 5.91 Å². The van der Waals surface area contributed by atoms with Crippen molar-refractivity contribution >= 4 is 38.3 Å². The maximum atomic E-state index is 12.6. The van der Waals surface area contributed by atoms with Gasteiger partial charge in [0.2, 0.25) is 0 Å². The van der Waals surface area contributed by atoms with Crippen molar-refractivity contribution < 1.29 is 9.53 Å². The lowest BCUT2D eigenvalue weighted by atomic mass is 10.2. The predicted molar refractivity (Wildman–Crippen MR) is 99.9 cm³/mol. The molecule has 1 aliphatic heterocycles. The predicted octanol–water partition coefficient (Wildman–Crippen LogP) is 3.33. The molecule has 0 saturated carbocycles. The quantitative estimate of drug-likeness (QED) is 0.776. The number of anilines is 1. The molecule has 2 heterocycles. The van der Waals surface area contributed by atoms with Gasteiger partial charge in [-0.15, -0.1) is 11.3 Å². The van der Waals surface area contributed by atoms with Crippen LogP contribution in [0.25, 0.3) is 0 Å². The fourth-order valence-corrected chi connectivity index (χ4v) is 3.97. The SMILES string of the molecule is Cc1ccc(O[C@H](C)C(=O)N2CCN(c3nccs3)CC2)c(Br)c1. The second-order valence-electron chi connectivity index (χ2n) is 5.82. The van der Waals surface area contributed by atoms with Crippen LogP contribution in [0.2, 0.25) is 0 Å². The number of hydrogen-bond donors (Lipinski definition) is 0. The number of carbonyl (C=O) groups excluding carboxylic acids is 1. The molecule has 1 aromatic heterocycles. The number of aromatic nitrogens is 1. The molecule has 0 spiro atoms. The Morgan fingerprint density at radius 2 is 2.08 bits per heavy atom. The summed E-state index contributed by atoms with van der Waals surface area (Å²) in [5.74, 6) is 0.726. The highest BCUT2D eigenvalue weighted by Crippen LogP contribution is 2.27. The van der Waals surface area contributed by atoms with E-state index in [9.17, 15) is 4.79 Å². The smallest absolute Gasteiger partial charge is 0.263 e. The minimum atomic E-state index is -0.504. The van der Waals surface area contributed by atoms with Crippen LogP contribution in [0.15, 0.2) is 34.2 Å². The number of rotatable bonds is 4. The zero-order chi connectivity index (χ0) is 17.1. The Labute approximate surface area is 154 Å². The van der Waals surface area contributed by atoms with Crippen LogP contribution in [0, 0.1) is 6.92 Å². The summed E-state index contributed by atoms with van der Waals surface area (Å²) in [5, 5.41) is 3.00. The first-order valence-corrected chi connectivity index (χ1v) is 9.58. The van der Waals surface area contributed by atoms with Gasteiger partial charge in [0.15, 0.2) is 11.2 Å². The van der Waals surface area contributed by atoms with Crippen LogP contribution in [-0.4, -0.2) is 48.1 Å². The average molecular weight is 410 g/mol. The van der Waals surface area contributed by atoms with E-state index in [0.717, 1.165) is 28.3 Å². The largest absolute Gasteiger partial charge is 0.480 e. The summed E-state index contributed by atoms with van der Waals surface area (Å²) in [6, 6.07) is 5.85. The van der Waals surface area contributed by atoms with E-state index in [1.54, 1.807) is 11.3 Å². The highest BCUT2D eigenvalue weighted by molar-refractivity contribution is 9.10. The summed E-state index contributed by atoms with van der Waals surface area (Å²) < 4.78 is 6.72. The first-order valence-electron chi connectivity index (χ1n) is 7.90. The van der Waals surface area contributed by atoms with Crippen LogP contribution in [0.5, 0.6) is 5.75 Å². The summed E-state index contributed by atoms with van der Waals surface area (Å²) in [4.78, 5) is 21.0. The fourth-order valence-electron chi connectivity index (χ4n) is 2.69. The standard InChI is InChI=1S/C17H20BrN3O2S/c1-12-3-4-15(14(18)11-12)23-13(2)16(22)20-6-8-21(9-7-20)17-19-5-10-24-17/h3-5,10-11,13H,6-9H2,1-2H3/t13-/m1/s1. The highest BCUT2D eigenvalue weighted by Gasteiger charge is 2.27. The highest BCUT2D eigenvalue weighted by atomic mass is 79.9. The van der Waals surface area contributed by atoms with E-state index in [1.807, 2.05) is 48.5 Å². The van der Waals surface area contributed by atoms with Gasteiger partial charge in [-0.1, -0.05) is 6.07 Å². The molecule has 1 saturated heterocycles. The number of hydrogen-bond acceptors (Lipinski definition) is 5. The third-order valence-corrected chi connectivity index (χ3v) is 5.47. The van der Waals surface area contributed by atoms with Gasteiger partial charge in [-0.05, 0) is 47.5 Å². The molecular weight excluding hydrogens is 390 g/mol. The number of halogens is 1. The molecule has 1 amide bonds. The molecule has 0 aliphatic carbocycles. The van der Waals surface area contributed by atoms with Crippen molar-refractivity contribution in [1.82, 2.24) is 9.88 Å². The van der Waals surface area contributed by atoms with Crippen LogP contribution in [0.3, 0.4) is 0 Å². The van der Waals surface area contributed by atoms with E-state index in [2.05, 4.69) is 25.8 Å². The lowest BCUT2D eigenvalue weighted by Gasteiger charge is -2.35. The van der Waals surface area contributed by atoms with Crippen LogP contribution >= 0.6 is 27.3 Å². The Balaban J connectivity index is 1.56. The maximum absolute atomic E-state index is 12.6. The molecule has 0 unspecified atom stereocenters. The average Bonchev–Trinajstić information content (AvgIpc) is 3.11. The lowest BCUT2D eigenvalue weighted by Crippen LogP contribution is -2.52.